The Kier molecular flexibility index (Phi) is 5.19. The molecule has 0 radical (unpaired) electrons. The molecule has 1 fully saturated rings. The molecule has 0 N–H and O–H groups in total. The Morgan fingerprint density at radius 3 is 2.33 bits per heavy atom. The highest BCUT2D eigenvalue weighted by molar-refractivity contribution is 5.86. The van der Waals surface area contributed by atoms with E-state index in [2.05, 4.69) is 0 Å². The lowest BCUT2D eigenvalue weighted by Crippen LogP contribution is -2.46. The number of rotatable bonds is 4. The molecule has 0 unspecified atom stereocenters. The molecule has 0 aromatic heterocycles. The third-order valence-corrected chi connectivity index (χ3v) is 6.37. The Labute approximate surface area is 190 Å². The van der Waals surface area contributed by atoms with E-state index in [-0.39, 0.29) is 19.8 Å². The van der Waals surface area contributed by atoms with E-state index in [1.807, 2.05) is 18.2 Å². The molecule has 2 aromatic rings. The first kappa shape index (κ1) is 21.2. The van der Waals surface area contributed by atoms with E-state index in [9.17, 15) is 9.59 Å². The van der Waals surface area contributed by atoms with Gasteiger partial charge in [-0.1, -0.05) is 0 Å². The van der Waals surface area contributed by atoms with Crippen molar-refractivity contribution in [3.8, 4) is 39.9 Å². The predicted octanol–water partition coefficient (Wildman–Crippen LogP) is 2.85. The first-order valence-electron chi connectivity index (χ1n) is 10.6. The van der Waals surface area contributed by atoms with Gasteiger partial charge >= 0.3 is 11.9 Å². The van der Waals surface area contributed by atoms with E-state index < -0.39 is 29.9 Å². The van der Waals surface area contributed by atoms with Gasteiger partial charge in [0.2, 0.25) is 12.5 Å². The van der Waals surface area contributed by atoms with Crippen molar-refractivity contribution in [2.75, 3.05) is 34.7 Å². The first-order chi connectivity index (χ1) is 16.0. The van der Waals surface area contributed by atoms with Gasteiger partial charge in [-0.3, -0.25) is 9.59 Å². The topological polar surface area (TPSA) is 98.8 Å². The summed E-state index contributed by atoms with van der Waals surface area (Å²) in [4.78, 5) is 24.9. The zero-order valence-corrected chi connectivity index (χ0v) is 18.8. The molecule has 0 spiro atoms. The highest BCUT2D eigenvalue weighted by Crippen LogP contribution is 2.54. The molecule has 9 heteroatoms. The molecule has 0 saturated carbocycles. The van der Waals surface area contributed by atoms with Gasteiger partial charge in [0.05, 0.1) is 33.2 Å². The highest BCUT2D eigenvalue weighted by Gasteiger charge is 2.47. The lowest BCUT2D eigenvalue weighted by Gasteiger charge is -2.39. The van der Waals surface area contributed by atoms with Crippen molar-refractivity contribution in [1.29, 1.82) is 0 Å². The minimum atomic E-state index is -0.701. The number of hydrogen-bond acceptors (Lipinski definition) is 9. The number of cyclic esters (lactones) is 1. The van der Waals surface area contributed by atoms with Crippen LogP contribution in [0.15, 0.2) is 18.2 Å². The van der Waals surface area contributed by atoms with Gasteiger partial charge in [0.25, 0.3) is 0 Å². The van der Waals surface area contributed by atoms with Crippen LogP contribution in [0.25, 0.3) is 11.1 Å². The van der Waals surface area contributed by atoms with Crippen molar-refractivity contribution in [1.82, 2.24) is 0 Å². The summed E-state index contributed by atoms with van der Waals surface area (Å²) >= 11 is 0. The van der Waals surface area contributed by atoms with Crippen molar-refractivity contribution in [2.24, 2.45) is 5.92 Å². The van der Waals surface area contributed by atoms with Gasteiger partial charge in [0.15, 0.2) is 23.0 Å². The SMILES string of the molecule is COc1cc2c(c(OC)c1OC)-c1cc3c(cc1[C@@H]1COC(=O)[C@H](C2)[C@@H]1OC(C)=O)OCO3. The Hall–Kier alpha value is -3.62. The molecule has 9 nitrogen and oxygen atoms in total. The van der Waals surface area contributed by atoms with Gasteiger partial charge in [-0.2, -0.15) is 0 Å². The van der Waals surface area contributed by atoms with Gasteiger partial charge in [0, 0.05) is 12.5 Å². The number of carbonyl (C=O) groups excluding carboxylic acids is 2. The van der Waals surface area contributed by atoms with Crippen LogP contribution in [-0.4, -0.2) is 52.8 Å². The molecule has 2 bridgehead atoms. The molecule has 2 aliphatic heterocycles. The summed E-state index contributed by atoms with van der Waals surface area (Å²) in [5.41, 5.74) is 3.12. The maximum absolute atomic E-state index is 12.9. The normalized spacial score (nSPS) is 22.2. The van der Waals surface area contributed by atoms with Crippen LogP contribution in [0.2, 0.25) is 0 Å². The fourth-order valence-electron chi connectivity index (χ4n) is 4.99. The molecule has 5 rings (SSSR count). The number of ether oxygens (including phenoxy) is 7. The fraction of sp³-hybridized carbons (Fsp3) is 0.417. The number of benzene rings is 2. The van der Waals surface area contributed by atoms with E-state index in [0.29, 0.717) is 28.7 Å². The Bertz CT molecular complexity index is 1140. The summed E-state index contributed by atoms with van der Waals surface area (Å²) in [6.45, 7) is 1.51. The molecule has 1 aliphatic carbocycles. The summed E-state index contributed by atoms with van der Waals surface area (Å²) in [7, 11) is 4.63. The van der Waals surface area contributed by atoms with Gasteiger partial charge < -0.3 is 33.2 Å². The third-order valence-electron chi connectivity index (χ3n) is 6.37. The molecular weight excluding hydrogens is 432 g/mol. The maximum Gasteiger partial charge on any atom is 0.313 e. The van der Waals surface area contributed by atoms with Crippen molar-refractivity contribution in [2.45, 2.75) is 25.4 Å². The number of esters is 2. The quantitative estimate of drug-likeness (QED) is 0.643. The van der Waals surface area contributed by atoms with Crippen LogP contribution in [0.4, 0.5) is 0 Å². The van der Waals surface area contributed by atoms with E-state index >= 15 is 0 Å². The van der Waals surface area contributed by atoms with E-state index in [1.165, 1.54) is 14.0 Å². The average molecular weight is 456 g/mol. The summed E-state index contributed by atoms with van der Waals surface area (Å²) in [6, 6.07) is 5.56. The van der Waals surface area contributed by atoms with Crippen LogP contribution in [0, 0.1) is 5.92 Å². The van der Waals surface area contributed by atoms with Gasteiger partial charge in [-0.15, -0.1) is 0 Å². The molecule has 3 atom stereocenters. The number of hydrogen-bond donors (Lipinski definition) is 0. The Morgan fingerprint density at radius 1 is 0.939 bits per heavy atom. The van der Waals surface area contributed by atoms with Gasteiger partial charge in [-0.05, 0) is 41.3 Å². The summed E-state index contributed by atoms with van der Waals surface area (Å²) < 4.78 is 39.5. The zero-order valence-electron chi connectivity index (χ0n) is 18.8. The minimum Gasteiger partial charge on any atom is -0.493 e. The second-order valence-electron chi connectivity index (χ2n) is 8.09. The predicted molar refractivity (Wildman–Crippen MR) is 114 cm³/mol. The minimum absolute atomic E-state index is 0.0743. The van der Waals surface area contributed by atoms with E-state index in [0.717, 1.165) is 22.3 Å². The monoisotopic (exact) mass is 456 g/mol. The first-order valence-corrected chi connectivity index (χ1v) is 10.6. The second kappa shape index (κ2) is 8.06. The number of methoxy groups -OCH3 is 3. The van der Waals surface area contributed by atoms with Crippen molar-refractivity contribution in [3.05, 3.63) is 29.3 Å². The van der Waals surface area contributed by atoms with Crippen LogP contribution >= 0.6 is 0 Å². The van der Waals surface area contributed by atoms with Crippen LogP contribution in [0.3, 0.4) is 0 Å². The largest absolute Gasteiger partial charge is 0.493 e. The highest BCUT2D eigenvalue weighted by atomic mass is 16.7. The molecule has 3 aliphatic rings. The van der Waals surface area contributed by atoms with E-state index in [1.54, 1.807) is 14.2 Å². The molecule has 2 heterocycles. The lowest BCUT2D eigenvalue weighted by atomic mass is 9.74. The molecule has 1 saturated heterocycles. The molecule has 33 heavy (non-hydrogen) atoms. The molecular formula is C24H24O9. The van der Waals surface area contributed by atoms with E-state index in [4.69, 9.17) is 33.2 Å². The van der Waals surface area contributed by atoms with Crippen LogP contribution in [-0.2, 0) is 25.5 Å². The summed E-state index contributed by atoms with van der Waals surface area (Å²) in [6.07, 6.45) is -0.442. The lowest BCUT2D eigenvalue weighted by molar-refractivity contribution is -0.173. The molecule has 2 aromatic carbocycles. The summed E-state index contributed by atoms with van der Waals surface area (Å²) in [5, 5.41) is 0. The number of carbonyl (C=O) groups is 2. The molecule has 174 valence electrons. The van der Waals surface area contributed by atoms with Crippen molar-refractivity contribution < 1.29 is 42.7 Å². The fourth-order valence-corrected chi connectivity index (χ4v) is 4.99. The summed E-state index contributed by atoms with van der Waals surface area (Å²) in [5.74, 6) is 0.562. The maximum atomic E-state index is 12.9. The molecule has 0 amide bonds. The Balaban J connectivity index is 1.84. The van der Waals surface area contributed by atoms with Crippen LogP contribution in [0.5, 0.6) is 28.7 Å². The van der Waals surface area contributed by atoms with Crippen molar-refractivity contribution >= 4 is 11.9 Å². The second-order valence-corrected chi connectivity index (χ2v) is 8.09. The average Bonchev–Trinajstić information content (AvgIpc) is 3.26. The number of fused-ring (bicyclic) bond motifs is 7. The third kappa shape index (κ3) is 3.30. The van der Waals surface area contributed by atoms with Gasteiger partial charge in [0.1, 0.15) is 12.7 Å². The van der Waals surface area contributed by atoms with Crippen molar-refractivity contribution in [3.63, 3.8) is 0 Å². The Morgan fingerprint density at radius 2 is 1.67 bits per heavy atom. The van der Waals surface area contributed by atoms with Gasteiger partial charge in [-0.25, -0.2) is 0 Å². The zero-order chi connectivity index (χ0) is 23.3. The van der Waals surface area contributed by atoms with Crippen LogP contribution in [0.1, 0.15) is 24.0 Å². The standard InChI is InChI=1S/C24H24O9/c1-11(25)33-21-15-5-12-6-19(27-2)22(28-3)23(29-4)20(12)14-8-18-17(31-10-32-18)7-13(14)16(21)9-30-24(15)26/h6-8,15-16,21H,5,9-10H2,1-4H3/t15-,16+,21+/m1/s1. The van der Waals surface area contributed by atoms with Crippen LogP contribution < -0.4 is 23.7 Å². The smallest absolute Gasteiger partial charge is 0.313 e.